The predicted molar refractivity (Wildman–Crippen MR) is 72.3 cm³/mol. The molecule has 1 rings (SSSR count). The van der Waals surface area contributed by atoms with E-state index in [1.807, 2.05) is 0 Å². The van der Waals surface area contributed by atoms with Gasteiger partial charge in [0.15, 0.2) is 0 Å². The Hall–Kier alpha value is 0.230. The van der Waals surface area contributed by atoms with E-state index in [1.165, 1.54) is 0 Å². The van der Waals surface area contributed by atoms with Gasteiger partial charge in [-0.25, -0.2) is 0 Å². The molecule has 0 bridgehead atoms. The van der Waals surface area contributed by atoms with Gasteiger partial charge in [0.1, 0.15) is 0 Å². The van der Waals surface area contributed by atoms with Crippen LogP contribution in [-0.2, 0) is 20.8 Å². The van der Waals surface area contributed by atoms with Crippen molar-refractivity contribution in [3.05, 3.63) is 24.3 Å². The number of nitrogens with one attached hydrogen (secondary N) is 3. The molecule has 0 amide bonds. The van der Waals surface area contributed by atoms with Gasteiger partial charge in [-0.05, 0) is 0 Å². The van der Waals surface area contributed by atoms with Gasteiger partial charge in [-0.3, -0.25) is 0 Å². The summed E-state index contributed by atoms with van der Waals surface area (Å²) in [6.07, 6.45) is 10.3. The van der Waals surface area contributed by atoms with Crippen LogP contribution in [-0.4, -0.2) is 19.6 Å². The molecule has 0 heterocycles. The second kappa shape index (κ2) is 6.98. The van der Waals surface area contributed by atoms with Crippen LogP contribution in [0.3, 0.4) is 0 Å². The normalized spacial score (nSPS) is 17.9. The van der Waals surface area contributed by atoms with Gasteiger partial charge in [-0.1, -0.05) is 0 Å². The van der Waals surface area contributed by atoms with Crippen LogP contribution in [0.4, 0.5) is 0 Å². The molecule has 1 aliphatic rings. The molecule has 0 saturated carbocycles. The molecule has 0 aromatic carbocycles. The third-order valence-electron chi connectivity index (χ3n) is 3.51. The summed E-state index contributed by atoms with van der Waals surface area (Å²) in [6, 6.07) is 0. The van der Waals surface area contributed by atoms with Crippen LogP contribution in [0.5, 0.6) is 0 Å². The zero-order valence-corrected chi connectivity index (χ0v) is 15.2. The summed E-state index contributed by atoms with van der Waals surface area (Å²) in [5.74, 6) is 0. The Bertz CT molecular complexity index is 257. The van der Waals surface area contributed by atoms with E-state index < -0.39 is 20.8 Å². The van der Waals surface area contributed by atoms with E-state index in [0.717, 1.165) is 26.1 Å². The molecule has 0 spiro atoms. The molecule has 0 radical (unpaired) electrons. The second-order valence-electron chi connectivity index (χ2n) is 4.45. The first-order valence-corrected chi connectivity index (χ1v) is 14.0. The van der Waals surface area contributed by atoms with Crippen LogP contribution in [0.15, 0.2) is 24.3 Å². The fourth-order valence-electron chi connectivity index (χ4n) is 2.74. The van der Waals surface area contributed by atoms with Crippen molar-refractivity contribution in [2.75, 3.05) is 19.6 Å². The summed E-state index contributed by atoms with van der Waals surface area (Å²) in [4.78, 5) is 0. The Morgan fingerprint density at radius 3 is 1.53 bits per heavy atom. The molecule has 3 N–H and O–H groups in total. The Labute approximate surface area is 112 Å². The molecular formula is C13H27HfN3. The zero-order valence-electron chi connectivity index (χ0n) is 11.6. The van der Waals surface area contributed by atoms with Crippen molar-refractivity contribution in [1.82, 2.24) is 9.91 Å². The Balaban J connectivity index is 3.08. The van der Waals surface area contributed by atoms with Crippen LogP contribution in [0, 0.1) is 0 Å². The maximum absolute atomic E-state index is 3.83. The van der Waals surface area contributed by atoms with Gasteiger partial charge in [0, 0.05) is 0 Å². The van der Waals surface area contributed by atoms with Gasteiger partial charge in [-0.15, -0.1) is 0 Å². The molecule has 0 saturated heterocycles. The monoisotopic (exact) mass is 405 g/mol. The van der Waals surface area contributed by atoms with Crippen LogP contribution < -0.4 is 9.91 Å². The first kappa shape index (κ1) is 15.3. The summed E-state index contributed by atoms with van der Waals surface area (Å²) in [6.45, 7) is 12.0. The second-order valence-corrected chi connectivity index (χ2v) is 17.0. The molecule has 17 heavy (non-hydrogen) atoms. The molecule has 1 aliphatic carbocycles. The Morgan fingerprint density at radius 1 is 0.824 bits per heavy atom. The third-order valence-corrected chi connectivity index (χ3v) is 20.5. The zero-order chi connectivity index (χ0) is 12.8. The van der Waals surface area contributed by atoms with E-state index >= 15 is 0 Å². The molecule has 0 aromatic heterocycles. The molecule has 3 nitrogen and oxygen atoms in total. The van der Waals surface area contributed by atoms with Gasteiger partial charge in [0.05, 0.1) is 0 Å². The first-order chi connectivity index (χ1) is 8.20. The van der Waals surface area contributed by atoms with E-state index in [1.54, 1.807) is 0 Å². The van der Waals surface area contributed by atoms with E-state index in [-0.39, 0.29) is 3.17 Å². The maximum atomic E-state index is 3.83. The van der Waals surface area contributed by atoms with E-state index in [2.05, 4.69) is 61.9 Å². The standard InChI is InChI=1S/C7H9.3C2H6N.Hf/c1-2-7-5-3-4-6-7;3*1-2-3;/h3-6H,2H2,1H3;3*3H,2H2,1H3;/q;3*-1;+3. The molecule has 0 unspecified atom stereocenters. The Kier molecular flexibility index (Phi) is 6.27. The summed E-state index contributed by atoms with van der Waals surface area (Å²) in [5, 5.41) is 0. The van der Waals surface area contributed by atoms with Gasteiger partial charge in [-0.2, -0.15) is 0 Å². The van der Waals surface area contributed by atoms with Crippen LogP contribution in [0.2, 0.25) is 3.17 Å². The number of rotatable bonds is 8. The number of hydrogen-bond acceptors (Lipinski definition) is 3. The molecule has 4 heteroatoms. The van der Waals surface area contributed by atoms with Crippen molar-refractivity contribution >= 4 is 0 Å². The van der Waals surface area contributed by atoms with Crippen LogP contribution >= 0.6 is 0 Å². The molecule has 0 atom stereocenters. The molecule has 0 fully saturated rings. The number of hydrogen-bond donors (Lipinski definition) is 3. The van der Waals surface area contributed by atoms with Crippen molar-refractivity contribution in [2.24, 2.45) is 0 Å². The topological polar surface area (TPSA) is 36.1 Å². The van der Waals surface area contributed by atoms with Crippen molar-refractivity contribution in [2.45, 2.75) is 37.3 Å². The fraction of sp³-hybridized carbons (Fsp3) is 0.692. The molecule has 0 aliphatic heterocycles. The summed E-state index contributed by atoms with van der Waals surface area (Å²) in [5.41, 5.74) is 0. The van der Waals surface area contributed by atoms with Crippen LogP contribution in [0.1, 0.15) is 34.1 Å². The minimum atomic E-state index is -2.95. The van der Waals surface area contributed by atoms with Gasteiger partial charge in [0.25, 0.3) is 0 Å². The molecule has 0 aromatic rings. The molecule has 98 valence electrons. The van der Waals surface area contributed by atoms with E-state index in [4.69, 9.17) is 0 Å². The van der Waals surface area contributed by atoms with Crippen molar-refractivity contribution in [3.63, 3.8) is 0 Å². The Morgan fingerprint density at radius 2 is 1.24 bits per heavy atom. The van der Waals surface area contributed by atoms with E-state index in [9.17, 15) is 0 Å². The minimum absolute atomic E-state index is 0.231. The summed E-state index contributed by atoms with van der Waals surface area (Å²) in [7, 11) is 0. The van der Waals surface area contributed by atoms with Crippen LogP contribution in [0.25, 0.3) is 0 Å². The van der Waals surface area contributed by atoms with Gasteiger partial charge < -0.3 is 0 Å². The first-order valence-electron chi connectivity index (χ1n) is 6.82. The van der Waals surface area contributed by atoms with Gasteiger partial charge >= 0.3 is 112 Å². The SMILES string of the molecule is CC[NH][Hf]([NH]CC)([NH]CC)[C]1(CC)C=CC=C1. The predicted octanol–water partition coefficient (Wildman–Crippen LogP) is 2.41. The average Bonchev–Trinajstić information content (AvgIpc) is 2.80. The average molecular weight is 404 g/mol. The third kappa shape index (κ3) is 2.98. The van der Waals surface area contributed by atoms with Gasteiger partial charge in [0.2, 0.25) is 0 Å². The summed E-state index contributed by atoms with van der Waals surface area (Å²) < 4.78 is 11.7. The quantitative estimate of drug-likeness (QED) is 0.545. The van der Waals surface area contributed by atoms with Crippen molar-refractivity contribution in [1.29, 1.82) is 0 Å². The summed E-state index contributed by atoms with van der Waals surface area (Å²) >= 11 is -2.95. The van der Waals surface area contributed by atoms with Crippen molar-refractivity contribution in [3.8, 4) is 0 Å². The fourth-order valence-corrected chi connectivity index (χ4v) is 17.7. The molecular weight excluding hydrogens is 377 g/mol. The van der Waals surface area contributed by atoms with Crippen molar-refractivity contribution < 1.29 is 20.8 Å². The number of allylic oxidation sites excluding steroid dienone is 4. The van der Waals surface area contributed by atoms with E-state index in [0.29, 0.717) is 0 Å².